The molecule has 13 aromatic rings. The molecule has 1 atom stereocenters. The quantitative estimate of drug-likeness (QED) is 0.0376. The van der Waals surface area contributed by atoms with E-state index >= 15 is 0 Å². The molecule has 0 fully saturated rings. The number of phenols is 3. The number of pyridine rings is 1. The Hall–Kier alpha value is -12.7. The number of aryl methyl sites for hydroxylation is 1. The number of urea groups is 1. The number of aromatic nitrogens is 1. The predicted octanol–water partition coefficient (Wildman–Crippen LogP) is 21.2. The number of amides is 4. The van der Waals surface area contributed by atoms with Gasteiger partial charge in [0.2, 0.25) is 0 Å². The van der Waals surface area contributed by atoms with Crippen LogP contribution in [0.1, 0.15) is 106 Å². The standard InChI is InChI=1S/C25H22ClN3O2.C23H22O2.C22H19NO3.C21H22N2O2/c1-2-3-18-15-23(27)22-14-19(8-13-24(22)28-18)29-25(30)16-4-9-20(10-5-16)31-21-11-6-17(26)7-12-21;24-21-9-3-5-17(11-21)13-23(14-18-6-4-10-22(25)12-18)15-19-7-1-2-8-20(19)16-23;24-21(19-14-8-3-9-15-19)20(18-12-6-2-7-13-18)23-22(25)26-16-17-10-4-1-5-11-17;1-21(2,3)16-5-4-6-17(13-16)22-20(25)23-18-9-7-14-8-10-19(24)12-15(14)11-18/h4-15H,2-3H2,1H3,(H2,27,28)(H,29,30);1-12,24-25H,13-16H2;1-15,20H,16H2,(H,23,25);4-13,24H,1-3H3,(H2,22,23,25). The van der Waals surface area contributed by atoms with Gasteiger partial charge in [-0.1, -0.05) is 210 Å². The topological polar surface area (TPSA) is 234 Å². The number of nitrogens with two attached hydrogens (primary N) is 1. The Kier molecular flexibility index (Phi) is 25.1. The second kappa shape index (κ2) is 35.6. The van der Waals surface area contributed by atoms with Crippen LogP contribution in [0.15, 0.2) is 297 Å². The Labute approximate surface area is 628 Å². The summed E-state index contributed by atoms with van der Waals surface area (Å²) in [5.74, 6) is 1.74. The molecule has 0 spiro atoms. The lowest BCUT2D eigenvalue weighted by Gasteiger charge is -2.30. The second-order valence-electron chi connectivity index (χ2n) is 27.5. The van der Waals surface area contributed by atoms with Crippen molar-refractivity contribution in [3.05, 3.63) is 358 Å². The second-order valence-corrected chi connectivity index (χ2v) is 27.9. The molecule has 0 saturated carbocycles. The maximum absolute atomic E-state index is 12.9. The minimum absolute atomic E-state index is 0.0223. The number of Topliss-reactive ketones (excluding diaryl/α,β-unsaturated/α-hetero) is 1. The number of nitrogens with zero attached hydrogens (tertiary/aromatic N) is 1. The Morgan fingerprint density at radius 2 is 1.07 bits per heavy atom. The predicted molar refractivity (Wildman–Crippen MR) is 429 cm³/mol. The van der Waals surface area contributed by atoms with Gasteiger partial charge in [0.15, 0.2) is 5.78 Å². The van der Waals surface area contributed by atoms with Crippen LogP contribution in [0.2, 0.25) is 5.02 Å². The van der Waals surface area contributed by atoms with E-state index in [9.17, 15) is 34.5 Å². The highest BCUT2D eigenvalue weighted by molar-refractivity contribution is 6.30. The molecular formula is C91H85ClN6O9. The Bertz CT molecular complexity index is 5120. The maximum Gasteiger partial charge on any atom is 0.408 e. The molecule has 14 rings (SSSR count). The van der Waals surface area contributed by atoms with E-state index in [1.165, 1.54) is 11.1 Å². The summed E-state index contributed by atoms with van der Waals surface area (Å²) in [5, 5.41) is 43.9. The van der Waals surface area contributed by atoms with Gasteiger partial charge in [-0.05, 0) is 226 Å². The summed E-state index contributed by atoms with van der Waals surface area (Å²) in [6.07, 6.45) is 5.12. The molecule has 0 saturated heterocycles. The SMILES string of the molecule is CC(C)(C)c1cccc(NC(=O)Nc2ccc3ccc(O)cc3c2)c1.CCCc1cc(N)c2cc(NC(=O)c3ccc(Oc4ccc(Cl)cc4)cc3)ccc2n1.O=C(NC(C(=O)c1ccccc1)c1ccccc1)OCc1ccccc1.Oc1cccc(CC2(Cc3cccc(O)c3)Cc3ccccc3C2)c1. The van der Waals surface area contributed by atoms with Crippen LogP contribution < -0.4 is 31.7 Å². The van der Waals surface area contributed by atoms with E-state index in [0.29, 0.717) is 61.8 Å². The molecule has 540 valence electrons. The summed E-state index contributed by atoms with van der Waals surface area (Å²) in [6.45, 7) is 8.66. The first-order chi connectivity index (χ1) is 51.7. The Morgan fingerprint density at radius 1 is 0.523 bits per heavy atom. The summed E-state index contributed by atoms with van der Waals surface area (Å²) in [6, 6.07) is 90.2. The molecule has 1 aliphatic carbocycles. The van der Waals surface area contributed by atoms with Crippen molar-refractivity contribution in [2.75, 3.05) is 21.7 Å². The number of carbonyl (C=O) groups excluding carboxylic acids is 4. The van der Waals surface area contributed by atoms with Gasteiger partial charge in [0.1, 0.15) is 41.4 Å². The fourth-order valence-corrected chi connectivity index (χ4v) is 13.0. The number of ketones is 1. The van der Waals surface area contributed by atoms with Crippen LogP contribution in [-0.4, -0.2) is 44.1 Å². The maximum atomic E-state index is 12.9. The van der Waals surface area contributed by atoms with Crippen LogP contribution in [0.5, 0.6) is 28.7 Å². The molecule has 4 amide bonds. The molecule has 16 heteroatoms. The van der Waals surface area contributed by atoms with Crippen LogP contribution in [0.4, 0.5) is 32.3 Å². The first kappa shape index (κ1) is 75.4. The molecule has 1 heterocycles. The lowest BCUT2D eigenvalue weighted by molar-refractivity contribution is 0.0916. The first-order valence-corrected chi connectivity index (χ1v) is 35.8. The molecule has 0 aliphatic heterocycles. The van der Waals surface area contributed by atoms with Crippen molar-refractivity contribution in [2.24, 2.45) is 5.41 Å². The van der Waals surface area contributed by atoms with Crippen molar-refractivity contribution in [1.29, 1.82) is 0 Å². The van der Waals surface area contributed by atoms with Crippen molar-refractivity contribution in [2.45, 2.75) is 84.3 Å². The number of fused-ring (bicyclic) bond motifs is 3. The monoisotopic (exact) mass is 1440 g/mol. The van der Waals surface area contributed by atoms with E-state index in [1.54, 1.807) is 97.1 Å². The van der Waals surface area contributed by atoms with Crippen LogP contribution in [-0.2, 0) is 48.9 Å². The third kappa shape index (κ3) is 21.7. The number of nitrogen functional groups attached to an aromatic ring is 1. The Balaban J connectivity index is 0.000000143. The van der Waals surface area contributed by atoms with Gasteiger partial charge in [0, 0.05) is 50.0 Å². The number of alkyl carbamates (subject to hydrolysis) is 1. The molecule has 9 N–H and O–H groups in total. The number of hydrogen-bond donors (Lipinski definition) is 8. The van der Waals surface area contributed by atoms with Gasteiger partial charge in [0.25, 0.3) is 5.91 Å². The molecule has 12 aromatic carbocycles. The van der Waals surface area contributed by atoms with Crippen molar-refractivity contribution in [3.63, 3.8) is 0 Å². The number of nitrogens with one attached hydrogen (secondary N) is 4. The van der Waals surface area contributed by atoms with Crippen molar-refractivity contribution >= 4 is 79.8 Å². The molecule has 1 unspecified atom stereocenters. The fourth-order valence-electron chi connectivity index (χ4n) is 12.8. The largest absolute Gasteiger partial charge is 0.508 e. The van der Waals surface area contributed by atoms with E-state index in [1.807, 2.05) is 158 Å². The van der Waals surface area contributed by atoms with Gasteiger partial charge in [-0.2, -0.15) is 0 Å². The van der Waals surface area contributed by atoms with Crippen molar-refractivity contribution in [1.82, 2.24) is 10.3 Å². The molecular weight excluding hydrogens is 1360 g/mol. The molecule has 107 heavy (non-hydrogen) atoms. The highest BCUT2D eigenvalue weighted by atomic mass is 35.5. The van der Waals surface area contributed by atoms with Gasteiger partial charge in [0.05, 0.1) is 5.52 Å². The lowest BCUT2D eigenvalue weighted by atomic mass is 9.74. The number of rotatable bonds is 18. The van der Waals surface area contributed by atoms with Crippen molar-refractivity contribution in [3.8, 4) is 28.7 Å². The van der Waals surface area contributed by atoms with Gasteiger partial charge in [-0.3, -0.25) is 14.6 Å². The summed E-state index contributed by atoms with van der Waals surface area (Å²) in [4.78, 5) is 54.7. The zero-order chi connectivity index (χ0) is 75.3. The average molecular weight is 1440 g/mol. The lowest BCUT2D eigenvalue weighted by Crippen LogP contribution is -2.34. The van der Waals surface area contributed by atoms with Gasteiger partial charge < -0.3 is 51.8 Å². The third-order valence-corrected chi connectivity index (χ3v) is 18.3. The van der Waals surface area contributed by atoms with Gasteiger partial charge in [-0.25, -0.2) is 9.59 Å². The van der Waals surface area contributed by atoms with Gasteiger partial charge >= 0.3 is 12.1 Å². The smallest absolute Gasteiger partial charge is 0.408 e. The van der Waals surface area contributed by atoms with E-state index < -0.39 is 12.1 Å². The van der Waals surface area contributed by atoms with E-state index in [0.717, 1.165) is 93.8 Å². The zero-order valence-corrected chi connectivity index (χ0v) is 60.8. The normalized spacial score (nSPS) is 12.0. The first-order valence-electron chi connectivity index (χ1n) is 35.4. The third-order valence-electron chi connectivity index (χ3n) is 18.0. The number of aromatic hydroxyl groups is 3. The van der Waals surface area contributed by atoms with Crippen LogP contribution >= 0.6 is 11.6 Å². The minimum atomic E-state index is -0.804. The minimum Gasteiger partial charge on any atom is -0.508 e. The number of hydrogen-bond acceptors (Lipinski definition) is 11. The summed E-state index contributed by atoms with van der Waals surface area (Å²) in [5.41, 5.74) is 19.8. The molecule has 0 bridgehead atoms. The van der Waals surface area contributed by atoms with Crippen LogP contribution in [0.25, 0.3) is 21.7 Å². The fraction of sp³-hybridized carbons (Fsp3) is 0.154. The molecule has 0 radical (unpaired) electrons. The number of benzene rings is 12. The summed E-state index contributed by atoms with van der Waals surface area (Å²) in [7, 11) is 0. The number of halogens is 1. The van der Waals surface area contributed by atoms with Crippen molar-refractivity contribution < 1.29 is 44.0 Å². The van der Waals surface area contributed by atoms with Crippen LogP contribution in [0.3, 0.4) is 0 Å². The number of anilines is 4. The number of carbonyl (C=O) groups is 4. The highest BCUT2D eigenvalue weighted by Crippen LogP contribution is 2.43. The highest BCUT2D eigenvalue weighted by Gasteiger charge is 2.37. The van der Waals surface area contributed by atoms with E-state index in [2.05, 4.69) is 96.4 Å². The van der Waals surface area contributed by atoms with E-state index in [4.69, 9.17) is 26.8 Å². The summed E-state index contributed by atoms with van der Waals surface area (Å²) < 4.78 is 11.0. The number of phenolic OH excluding ortho intramolecular Hbond substituents is 3. The van der Waals surface area contributed by atoms with E-state index in [-0.39, 0.29) is 40.9 Å². The molecule has 1 aromatic heterocycles. The molecule has 1 aliphatic rings. The number of ether oxygens (including phenoxy) is 2. The Morgan fingerprint density at radius 3 is 1.68 bits per heavy atom. The van der Waals surface area contributed by atoms with Gasteiger partial charge in [-0.15, -0.1) is 0 Å². The molecule has 15 nitrogen and oxygen atoms in total. The zero-order valence-electron chi connectivity index (χ0n) is 60.0. The summed E-state index contributed by atoms with van der Waals surface area (Å²) >= 11 is 5.89. The average Bonchev–Trinajstić information content (AvgIpc) is 1.64. The van der Waals surface area contributed by atoms with Crippen LogP contribution in [0, 0.1) is 5.41 Å².